The summed E-state index contributed by atoms with van der Waals surface area (Å²) in [6.07, 6.45) is 0.703. The summed E-state index contributed by atoms with van der Waals surface area (Å²) in [6, 6.07) is 1.74. The van der Waals surface area contributed by atoms with E-state index >= 15 is 0 Å². The van der Waals surface area contributed by atoms with E-state index in [0.717, 1.165) is 9.75 Å². The van der Waals surface area contributed by atoms with Gasteiger partial charge in [-0.05, 0) is 32.8 Å². The number of piperidine rings is 1. The summed E-state index contributed by atoms with van der Waals surface area (Å²) in [5.41, 5.74) is 0. The largest absolute Gasteiger partial charge is 0.393 e. The third kappa shape index (κ3) is 2.54. The Labute approximate surface area is 106 Å². The van der Waals surface area contributed by atoms with E-state index in [1.807, 2.05) is 13.8 Å². The minimum absolute atomic E-state index is 0.355. The monoisotopic (exact) mass is 275 g/mol. The number of aliphatic hydroxyl groups is 1. The van der Waals surface area contributed by atoms with Gasteiger partial charge in [-0.3, -0.25) is 0 Å². The van der Waals surface area contributed by atoms with Crippen LogP contribution in [0.3, 0.4) is 0 Å². The Balaban J connectivity index is 2.28. The van der Waals surface area contributed by atoms with Crippen LogP contribution in [-0.4, -0.2) is 37.0 Å². The van der Waals surface area contributed by atoms with Crippen molar-refractivity contribution in [2.24, 2.45) is 0 Å². The SMILES string of the molecule is Cc1cc(S(=O)(=O)N2CCC(O)CC2)c(C)s1. The molecule has 0 aliphatic carbocycles. The summed E-state index contributed by atoms with van der Waals surface area (Å²) >= 11 is 1.51. The summed E-state index contributed by atoms with van der Waals surface area (Å²) < 4.78 is 26.2. The van der Waals surface area contributed by atoms with E-state index in [-0.39, 0.29) is 6.10 Å². The van der Waals surface area contributed by atoms with Crippen molar-refractivity contribution < 1.29 is 13.5 Å². The molecule has 0 bridgehead atoms. The normalized spacial score (nSPS) is 19.7. The van der Waals surface area contributed by atoms with Gasteiger partial charge >= 0.3 is 0 Å². The molecule has 1 N–H and O–H groups in total. The summed E-state index contributed by atoms with van der Waals surface area (Å²) in [7, 11) is -3.36. The van der Waals surface area contributed by atoms with Crippen LogP contribution in [0.25, 0.3) is 0 Å². The molecule has 1 aliphatic rings. The highest BCUT2D eigenvalue weighted by atomic mass is 32.2. The maximum absolute atomic E-state index is 12.4. The molecule has 1 aliphatic heterocycles. The number of aliphatic hydroxyl groups excluding tert-OH is 1. The molecule has 6 heteroatoms. The van der Waals surface area contributed by atoms with Crippen molar-refractivity contribution in [3.63, 3.8) is 0 Å². The number of sulfonamides is 1. The molecule has 1 fully saturated rings. The van der Waals surface area contributed by atoms with Crippen molar-refractivity contribution in [3.8, 4) is 0 Å². The first-order chi connectivity index (χ1) is 7.91. The van der Waals surface area contributed by atoms with Crippen LogP contribution in [0.5, 0.6) is 0 Å². The van der Waals surface area contributed by atoms with Gasteiger partial charge in [0, 0.05) is 22.8 Å². The Kier molecular flexibility index (Phi) is 3.58. The van der Waals surface area contributed by atoms with Gasteiger partial charge in [-0.1, -0.05) is 0 Å². The maximum Gasteiger partial charge on any atom is 0.244 e. The molecule has 1 aromatic rings. The second-order valence-corrected chi connectivity index (χ2v) is 7.78. The van der Waals surface area contributed by atoms with E-state index in [9.17, 15) is 13.5 Å². The molecule has 1 saturated heterocycles. The highest BCUT2D eigenvalue weighted by Gasteiger charge is 2.30. The fraction of sp³-hybridized carbons (Fsp3) is 0.636. The molecule has 0 aromatic carbocycles. The highest BCUT2D eigenvalue weighted by molar-refractivity contribution is 7.89. The Hall–Kier alpha value is -0.430. The lowest BCUT2D eigenvalue weighted by Crippen LogP contribution is -2.40. The first-order valence-electron chi connectivity index (χ1n) is 5.66. The molecular formula is C11H17NO3S2. The minimum atomic E-state index is -3.36. The van der Waals surface area contributed by atoms with Gasteiger partial charge in [0.25, 0.3) is 0 Å². The maximum atomic E-state index is 12.4. The Morgan fingerprint density at radius 3 is 2.41 bits per heavy atom. The first kappa shape index (κ1) is 13.0. The van der Waals surface area contributed by atoms with E-state index in [1.54, 1.807) is 6.07 Å². The quantitative estimate of drug-likeness (QED) is 0.890. The molecule has 0 spiro atoms. The number of thiophene rings is 1. The van der Waals surface area contributed by atoms with Crippen LogP contribution in [0.2, 0.25) is 0 Å². The van der Waals surface area contributed by atoms with Crippen molar-refractivity contribution in [1.82, 2.24) is 4.31 Å². The van der Waals surface area contributed by atoms with Gasteiger partial charge in [0.15, 0.2) is 0 Å². The average Bonchev–Trinajstić information content (AvgIpc) is 2.59. The van der Waals surface area contributed by atoms with Gasteiger partial charge in [0.1, 0.15) is 0 Å². The number of aryl methyl sites for hydroxylation is 2. The van der Waals surface area contributed by atoms with Gasteiger partial charge in [0.05, 0.1) is 11.0 Å². The molecular weight excluding hydrogens is 258 g/mol. The van der Waals surface area contributed by atoms with Crippen LogP contribution >= 0.6 is 11.3 Å². The molecule has 0 saturated carbocycles. The smallest absolute Gasteiger partial charge is 0.244 e. The van der Waals surface area contributed by atoms with Gasteiger partial charge in [0.2, 0.25) is 10.0 Å². The van der Waals surface area contributed by atoms with Crippen LogP contribution in [0.1, 0.15) is 22.6 Å². The van der Waals surface area contributed by atoms with E-state index in [2.05, 4.69) is 0 Å². The van der Waals surface area contributed by atoms with Crippen molar-refractivity contribution in [3.05, 3.63) is 15.8 Å². The minimum Gasteiger partial charge on any atom is -0.393 e. The number of hydrogen-bond acceptors (Lipinski definition) is 4. The summed E-state index contributed by atoms with van der Waals surface area (Å²) in [5.74, 6) is 0. The molecule has 2 rings (SSSR count). The summed E-state index contributed by atoms with van der Waals surface area (Å²) in [4.78, 5) is 2.28. The van der Waals surface area contributed by atoms with Crippen molar-refractivity contribution in [2.75, 3.05) is 13.1 Å². The standard InChI is InChI=1S/C11H17NO3S2/c1-8-7-11(9(2)16-8)17(14,15)12-5-3-10(13)4-6-12/h7,10,13H,3-6H2,1-2H3. The fourth-order valence-electron chi connectivity index (χ4n) is 2.09. The lowest BCUT2D eigenvalue weighted by atomic mass is 10.1. The van der Waals surface area contributed by atoms with Gasteiger partial charge < -0.3 is 5.11 Å². The molecule has 0 atom stereocenters. The predicted molar refractivity (Wildman–Crippen MR) is 67.8 cm³/mol. The molecule has 2 heterocycles. The van der Waals surface area contributed by atoms with Crippen LogP contribution in [0.15, 0.2) is 11.0 Å². The van der Waals surface area contributed by atoms with Gasteiger partial charge in [-0.2, -0.15) is 4.31 Å². The third-order valence-corrected chi connectivity index (χ3v) is 6.16. The van der Waals surface area contributed by atoms with Crippen LogP contribution < -0.4 is 0 Å². The zero-order valence-electron chi connectivity index (χ0n) is 10.0. The fourth-order valence-corrected chi connectivity index (χ4v) is 5.08. The van der Waals surface area contributed by atoms with Gasteiger partial charge in [-0.15, -0.1) is 11.3 Å². The number of rotatable bonds is 2. The number of hydrogen-bond donors (Lipinski definition) is 1. The van der Waals surface area contributed by atoms with E-state index < -0.39 is 10.0 Å². The first-order valence-corrected chi connectivity index (χ1v) is 7.92. The average molecular weight is 275 g/mol. The van der Waals surface area contributed by atoms with E-state index in [4.69, 9.17) is 0 Å². The second-order valence-electron chi connectivity index (χ2n) is 4.41. The highest BCUT2D eigenvalue weighted by Crippen LogP contribution is 2.29. The Bertz CT molecular complexity index is 499. The number of nitrogens with zero attached hydrogens (tertiary/aromatic N) is 1. The van der Waals surface area contributed by atoms with Crippen LogP contribution in [0, 0.1) is 13.8 Å². The topological polar surface area (TPSA) is 57.6 Å². The lowest BCUT2D eigenvalue weighted by Gasteiger charge is -2.28. The molecule has 1 aromatic heterocycles. The molecule has 0 unspecified atom stereocenters. The summed E-state index contributed by atoms with van der Waals surface area (Å²) in [5, 5.41) is 9.40. The lowest BCUT2D eigenvalue weighted by molar-refractivity contribution is 0.113. The third-order valence-electron chi connectivity index (χ3n) is 3.04. The summed E-state index contributed by atoms with van der Waals surface area (Å²) in [6.45, 7) is 4.58. The Morgan fingerprint density at radius 1 is 1.35 bits per heavy atom. The van der Waals surface area contributed by atoms with Crippen molar-refractivity contribution >= 4 is 21.4 Å². The van der Waals surface area contributed by atoms with Crippen molar-refractivity contribution in [2.45, 2.75) is 37.7 Å². The zero-order valence-corrected chi connectivity index (χ0v) is 11.6. The predicted octanol–water partition coefficient (Wildman–Crippen LogP) is 1.51. The second kappa shape index (κ2) is 4.68. The van der Waals surface area contributed by atoms with E-state index in [1.165, 1.54) is 15.6 Å². The zero-order chi connectivity index (χ0) is 12.6. The molecule has 17 heavy (non-hydrogen) atoms. The van der Waals surface area contributed by atoms with Crippen molar-refractivity contribution in [1.29, 1.82) is 0 Å². The molecule has 0 amide bonds. The molecule has 0 radical (unpaired) electrons. The molecule has 96 valence electrons. The van der Waals surface area contributed by atoms with E-state index in [0.29, 0.717) is 30.8 Å². The molecule has 4 nitrogen and oxygen atoms in total. The Morgan fingerprint density at radius 2 is 1.94 bits per heavy atom. The van der Waals surface area contributed by atoms with Crippen LogP contribution in [0.4, 0.5) is 0 Å². The van der Waals surface area contributed by atoms with Crippen LogP contribution in [-0.2, 0) is 10.0 Å². The van der Waals surface area contributed by atoms with Gasteiger partial charge in [-0.25, -0.2) is 8.42 Å².